The maximum Gasteiger partial charge on any atom is 0.169 e. The highest BCUT2D eigenvalue weighted by molar-refractivity contribution is 6.00. The van der Waals surface area contributed by atoms with Crippen LogP contribution < -0.4 is 0 Å². The molecule has 0 fully saturated rings. The summed E-state index contributed by atoms with van der Waals surface area (Å²) in [5, 5.41) is 18.8. The first-order valence-electron chi connectivity index (χ1n) is 6.62. The Morgan fingerprint density at radius 2 is 1.94 bits per heavy atom. The summed E-state index contributed by atoms with van der Waals surface area (Å²) < 4.78 is 0. The van der Waals surface area contributed by atoms with Crippen molar-refractivity contribution in [2.75, 3.05) is 0 Å². The Morgan fingerprint density at radius 1 is 1.22 bits per heavy atom. The summed E-state index contributed by atoms with van der Waals surface area (Å²) in [5.74, 6) is -0.304. The summed E-state index contributed by atoms with van der Waals surface area (Å²) in [6.07, 6.45) is 5.42. The number of carbonyl (C=O) groups is 1. The maximum atomic E-state index is 12.1. The van der Waals surface area contributed by atoms with Gasteiger partial charge in [0.25, 0.3) is 0 Å². The lowest BCUT2D eigenvalue weighted by Gasteiger charge is -2.11. The largest absolute Gasteiger partial charge is 0.508 e. The van der Waals surface area contributed by atoms with Crippen LogP contribution in [-0.4, -0.2) is 16.0 Å². The molecule has 0 amide bonds. The van der Waals surface area contributed by atoms with Crippen molar-refractivity contribution in [1.29, 1.82) is 0 Å². The van der Waals surface area contributed by atoms with Crippen LogP contribution in [0.25, 0.3) is 0 Å². The lowest BCUT2D eigenvalue weighted by Crippen LogP contribution is -2.11. The maximum absolute atomic E-state index is 12.1. The molecule has 0 saturated heterocycles. The van der Waals surface area contributed by atoms with Crippen molar-refractivity contribution in [3.8, 4) is 11.5 Å². The SMILES string of the molecule is CCCCCCC(C)C(=O)c1ccc(O)cc1O. The molecule has 100 valence electrons. The van der Waals surface area contributed by atoms with Crippen LogP contribution in [0.4, 0.5) is 0 Å². The smallest absolute Gasteiger partial charge is 0.169 e. The zero-order valence-electron chi connectivity index (χ0n) is 11.1. The van der Waals surface area contributed by atoms with Gasteiger partial charge in [0.2, 0.25) is 0 Å². The van der Waals surface area contributed by atoms with Gasteiger partial charge in [-0.1, -0.05) is 39.5 Å². The molecule has 0 bridgehead atoms. The van der Waals surface area contributed by atoms with E-state index in [1.807, 2.05) is 6.92 Å². The molecule has 0 aliphatic carbocycles. The lowest BCUT2D eigenvalue weighted by atomic mass is 9.93. The summed E-state index contributed by atoms with van der Waals surface area (Å²) in [4.78, 5) is 12.1. The molecule has 0 heterocycles. The summed E-state index contributed by atoms with van der Waals surface area (Å²) >= 11 is 0. The molecular formula is C15H22O3. The lowest BCUT2D eigenvalue weighted by molar-refractivity contribution is 0.0919. The molecule has 0 radical (unpaired) electrons. The van der Waals surface area contributed by atoms with Crippen molar-refractivity contribution in [3.05, 3.63) is 23.8 Å². The van der Waals surface area contributed by atoms with Gasteiger partial charge in [0, 0.05) is 12.0 Å². The van der Waals surface area contributed by atoms with Gasteiger partial charge in [-0.25, -0.2) is 0 Å². The number of phenols is 2. The molecule has 0 spiro atoms. The van der Waals surface area contributed by atoms with E-state index in [2.05, 4.69) is 6.92 Å². The Labute approximate surface area is 108 Å². The van der Waals surface area contributed by atoms with Gasteiger partial charge in [-0.05, 0) is 18.6 Å². The van der Waals surface area contributed by atoms with Crippen LogP contribution in [0.1, 0.15) is 56.3 Å². The number of Topliss-reactive ketones (excluding diaryl/α,β-unsaturated/α-hetero) is 1. The third kappa shape index (κ3) is 4.06. The molecular weight excluding hydrogens is 228 g/mol. The van der Waals surface area contributed by atoms with Gasteiger partial charge in [-0.15, -0.1) is 0 Å². The van der Waals surface area contributed by atoms with Crippen molar-refractivity contribution < 1.29 is 15.0 Å². The fourth-order valence-electron chi connectivity index (χ4n) is 2.00. The van der Waals surface area contributed by atoms with E-state index >= 15 is 0 Å². The molecule has 0 aliphatic rings. The first-order chi connectivity index (χ1) is 8.56. The Balaban J connectivity index is 2.57. The number of rotatable bonds is 7. The molecule has 1 unspecified atom stereocenters. The Hall–Kier alpha value is -1.51. The van der Waals surface area contributed by atoms with Gasteiger partial charge >= 0.3 is 0 Å². The van der Waals surface area contributed by atoms with E-state index in [1.165, 1.54) is 31.0 Å². The standard InChI is InChI=1S/C15H22O3/c1-3-4-5-6-7-11(2)15(18)13-9-8-12(16)10-14(13)17/h8-11,16-17H,3-7H2,1-2H3. The highest BCUT2D eigenvalue weighted by atomic mass is 16.3. The van der Waals surface area contributed by atoms with E-state index in [4.69, 9.17) is 0 Å². The average Bonchev–Trinajstić information content (AvgIpc) is 2.33. The van der Waals surface area contributed by atoms with Gasteiger partial charge in [-0.2, -0.15) is 0 Å². The van der Waals surface area contributed by atoms with Crippen molar-refractivity contribution in [3.63, 3.8) is 0 Å². The van der Waals surface area contributed by atoms with Gasteiger partial charge < -0.3 is 10.2 Å². The predicted molar refractivity (Wildman–Crippen MR) is 72.0 cm³/mol. The van der Waals surface area contributed by atoms with E-state index in [0.29, 0.717) is 5.56 Å². The molecule has 3 heteroatoms. The molecule has 1 atom stereocenters. The van der Waals surface area contributed by atoms with E-state index in [9.17, 15) is 15.0 Å². The average molecular weight is 250 g/mol. The number of unbranched alkanes of at least 4 members (excludes halogenated alkanes) is 3. The van der Waals surface area contributed by atoms with Crippen LogP contribution in [0, 0.1) is 5.92 Å². The molecule has 1 rings (SSSR count). The number of hydrogen-bond donors (Lipinski definition) is 2. The molecule has 0 aliphatic heterocycles. The summed E-state index contributed by atoms with van der Waals surface area (Å²) in [5.41, 5.74) is 0.302. The second-order valence-corrected chi connectivity index (χ2v) is 4.82. The molecule has 1 aromatic carbocycles. The van der Waals surface area contributed by atoms with Crippen LogP contribution >= 0.6 is 0 Å². The van der Waals surface area contributed by atoms with Crippen molar-refractivity contribution in [2.24, 2.45) is 5.92 Å². The van der Waals surface area contributed by atoms with Crippen molar-refractivity contribution >= 4 is 5.78 Å². The summed E-state index contributed by atoms with van der Waals surface area (Å²) in [7, 11) is 0. The van der Waals surface area contributed by atoms with Gasteiger partial charge in [-0.3, -0.25) is 4.79 Å². The number of hydrogen-bond acceptors (Lipinski definition) is 3. The van der Waals surface area contributed by atoms with E-state index in [-0.39, 0.29) is 23.2 Å². The van der Waals surface area contributed by atoms with Crippen molar-refractivity contribution in [1.82, 2.24) is 0 Å². The highest BCUT2D eigenvalue weighted by Crippen LogP contribution is 2.26. The first-order valence-corrected chi connectivity index (χ1v) is 6.62. The number of carbonyl (C=O) groups excluding carboxylic acids is 1. The minimum absolute atomic E-state index is 0.0281. The third-order valence-corrected chi connectivity index (χ3v) is 3.19. The van der Waals surface area contributed by atoms with Gasteiger partial charge in [0.05, 0.1) is 5.56 Å². The summed E-state index contributed by atoms with van der Waals surface area (Å²) in [6, 6.07) is 4.11. The fraction of sp³-hybridized carbons (Fsp3) is 0.533. The summed E-state index contributed by atoms with van der Waals surface area (Å²) in [6.45, 7) is 4.05. The second-order valence-electron chi connectivity index (χ2n) is 4.82. The quantitative estimate of drug-likeness (QED) is 0.570. The van der Waals surface area contributed by atoms with Crippen LogP contribution in [0.15, 0.2) is 18.2 Å². The second kappa shape index (κ2) is 7.04. The molecule has 0 saturated carbocycles. The molecule has 2 N–H and O–H groups in total. The topological polar surface area (TPSA) is 57.5 Å². The monoisotopic (exact) mass is 250 g/mol. The van der Waals surface area contributed by atoms with Gasteiger partial charge in [0.15, 0.2) is 5.78 Å². The molecule has 18 heavy (non-hydrogen) atoms. The molecule has 3 nitrogen and oxygen atoms in total. The molecule has 1 aromatic rings. The minimum atomic E-state index is -0.139. The van der Waals surface area contributed by atoms with Crippen molar-refractivity contribution in [2.45, 2.75) is 46.0 Å². The third-order valence-electron chi connectivity index (χ3n) is 3.19. The van der Waals surface area contributed by atoms with E-state index < -0.39 is 0 Å². The first kappa shape index (κ1) is 14.6. The zero-order valence-corrected chi connectivity index (χ0v) is 11.1. The molecule has 0 aromatic heterocycles. The number of aromatic hydroxyl groups is 2. The van der Waals surface area contributed by atoms with Crippen LogP contribution in [0.3, 0.4) is 0 Å². The predicted octanol–water partition coefficient (Wildman–Crippen LogP) is 3.89. The minimum Gasteiger partial charge on any atom is -0.508 e. The Kier molecular flexibility index (Phi) is 5.69. The zero-order chi connectivity index (χ0) is 13.5. The van der Waals surface area contributed by atoms with Crippen LogP contribution in [-0.2, 0) is 0 Å². The van der Waals surface area contributed by atoms with Gasteiger partial charge in [0.1, 0.15) is 11.5 Å². The normalized spacial score (nSPS) is 12.3. The van der Waals surface area contributed by atoms with Crippen LogP contribution in [0.5, 0.6) is 11.5 Å². The van der Waals surface area contributed by atoms with Crippen LogP contribution in [0.2, 0.25) is 0 Å². The fourth-order valence-corrected chi connectivity index (χ4v) is 2.00. The number of phenolic OH excluding ortho intramolecular Hbond substituents is 2. The van der Waals surface area contributed by atoms with E-state index in [0.717, 1.165) is 19.3 Å². The van der Waals surface area contributed by atoms with E-state index in [1.54, 1.807) is 0 Å². The number of ketones is 1. The Morgan fingerprint density at radius 3 is 2.56 bits per heavy atom. The highest BCUT2D eigenvalue weighted by Gasteiger charge is 2.18. The Bertz CT molecular complexity index is 399. The number of benzene rings is 1.